The third-order valence-electron chi connectivity index (χ3n) is 7.43. The van der Waals surface area contributed by atoms with Crippen LogP contribution < -0.4 is 10.1 Å². The molecule has 1 N–H and O–H groups in total. The van der Waals surface area contributed by atoms with Gasteiger partial charge in [-0.15, -0.1) is 11.3 Å². The van der Waals surface area contributed by atoms with E-state index in [1.807, 2.05) is 20.8 Å². The number of nitrogens with zero attached hydrogens (tertiary/aromatic N) is 3. The van der Waals surface area contributed by atoms with Gasteiger partial charge < -0.3 is 19.9 Å². The van der Waals surface area contributed by atoms with Gasteiger partial charge >= 0.3 is 0 Å². The van der Waals surface area contributed by atoms with E-state index in [1.165, 1.54) is 24.3 Å². The Morgan fingerprint density at radius 2 is 2.08 bits per heavy atom. The SMILES string of the molecule is C=CC(=O)N1CCN2C(=O)c3cc(F)c(-c4ccc(F)c5sc(NC(C)C)c(C#N)c45)c(CC)c3OCC[C@H]2C1. The highest BCUT2D eigenvalue weighted by Crippen LogP contribution is 2.46. The molecule has 1 aromatic heterocycles. The molecule has 1 atom stereocenters. The van der Waals surface area contributed by atoms with E-state index < -0.39 is 11.6 Å². The molecule has 1 saturated heterocycles. The van der Waals surface area contributed by atoms with E-state index in [4.69, 9.17) is 4.74 Å². The number of fused-ring (bicyclic) bond motifs is 3. The molecule has 0 spiro atoms. The zero-order valence-electron chi connectivity index (χ0n) is 22.6. The van der Waals surface area contributed by atoms with Crippen LogP contribution in [0.25, 0.3) is 21.2 Å². The van der Waals surface area contributed by atoms with Gasteiger partial charge in [-0.3, -0.25) is 9.59 Å². The van der Waals surface area contributed by atoms with Crippen molar-refractivity contribution in [3.63, 3.8) is 0 Å². The van der Waals surface area contributed by atoms with Crippen LogP contribution in [0.1, 0.15) is 48.7 Å². The van der Waals surface area contributed by atoms with Gasteiger partial charge in [-0.05, 0) is 44.0 Å². The maximum absolute atomic E-state index is 16.2. The summed E-state index contributed by atoms with van der Waals surface area (Å²) in [6.07, 6.45) is 2.10. The number of rotatable bonds is 5. The number of thiophene rings is 1. The van der Waals surface area contributed by atoms with Crippen molar-refractivity contribution in [3.8, 4) is 22.9 Å². The lowest BCUT2D eigenvalue weighted by Crippen LogP contribution is -2.57. The summed E-state index contributed by atoms with van der Waals surface area (Å²) in [5.74, 6) is -1.38. The first-order valence-electron chi connectivity index (χ1n) is 13.3. The average Bonchev–Trinajstić information content (AvgIpc) is 3.30. The Morgan fingerprint density at radius 3 is 2.75 bits per heavy atom. The van der Waals surface area contributed by atoms with Crippen LogP contribution in [0.4, 0.5) is 13.8 Å². The molecule has 2 aliphatic heterocycles. The van der Waals surface area contributed by atoms with Crippen LogP contribution in [0.2, 0.25) is 0 Å². The van der Waals surface area contributed by atoms with E-state index >= 15 is 4.39 Å². The van der Waals surface area contributed by atoms with E-state index in [0.717, 1.165) is 11.3 Å². The van der Waals surface area contributed by atoms with Gasteiger partial charge in [-0.25, -0.2) is 8.78 Å². The fourth-order valence-electron chi connectivity index (χ4n) is 5.64. The van der Waals surface area contributed by atoms with Gasteiger partial charge in [0.2, 0.25) is 5.91 Å². The largest absolute Gasteiger partial charge is 0.492 e. The summed E-state index contributed by atoms with van der Waals surface area (Å²) < 4.78 is 37.6. The van der Waals surface area contributed by atoms with E-state index in [-0.39, 0.29) is 51.9 Å². The van der Waals surface area contributed by atoms with Crippen molar-refractivity contribution in [2.75, 3.05) is 31.6 Å². The van der Waals surface area contributed by atoms with Gasteiger partial charge in [-0.2, -0.15) is 5.26 Å². The summed E-state index contributed by atoms with van der Waals surface area (Å²) in [4.78, 5) is 29.3. The molecule has 7 nitrogen and oxygen atoms in total. The molecule has 0 aliphatic carbocycles. The van der Waals surface area contributed by atoms with E-state index in [2.05, 4.69) is 18.0 Å². The zero-order valence-corrected chi connectivity index (χ0v) is 23.5. The molecule has 1 fully saturated rings. The predicted molar refractivity (Wildman–Crippen MR) is 152 cm³/mol. The zero-order chi connectivity index (χ0) is 28.7. The van der Waals surface area contributed by atoms with Crippen molar-refractivity contribution in [2.45, 2.75) is 45.7 Å². The van der Waals surface area contributed by atoms with Gasteiger partial charge in [0.05, 0.1) is 28.5 Å². The Kier molecular flexibility index (Phi) is 7.51. The monoisotopic (exact) mass is 564 g/mol. The normalized spacial score (nSPS) is 17.0. The van der Waals surface area contributed by atoms with Gasteiger partial charge in [0.1, 0.15) is 28.5 Å². The number of halogens is 2. The standard InChI is InChI=1S/C30H30F2N4O3S/c1-5-18-25(19-7-8-22(31)28-26(19)21(14-33)29(40-28)34-16(3)4)23(32)13-20-27(18)39-12-9-17-15-35(24(37)6-2)10-11-36(17)30(20)38/h6-8,13,16-17,34H,2,5,9-12,15H2,1,3-4H3/t17-/m0/s1. The molecule has 2 amide bonds. The predicted octanol–water partition coefficient (Wildman–Crippen LogP) is 5.72. The molecule has 3 heterocycles. The summed E-state index contributed by atoms with van der Waals surface area (Å²) in [6, 6.07) is 5.89. The highest BCUT2D eigenvalue weighted by molar-refractivity contribution is 7.23. The summed E-state index contributed by atoms with van der Waals surface area (Å²) in [5, 5.41) is 14.1. The van der Waals surface area contributed by atoms with Crippen molar-refractivity contribution >= 4 is 38.2 Å². The van der Waals surface area contributed by atoms with Crippen molar-refractivity contribution < 1.29 is 23.1 Å². The first kappa shape index (κ1) is 27.6. The number of piperazine rings is 1. The minimum absolute atomic E-state index is 0.00559. The fourth-order valence-corrected chi connectivity index (χ4v) is 6.87. The highest BCUT2D eigenvalue weighted by Gasteiger charge is 2.37. The molecule has 3 aromatic rings. The minimum Gasteiger partial charge on any atom is -0.492 e. The Hall–Kier alpha value is -3.97. The van der Waals surface area contributed by atoms with Gasteiger partial charge in [0.25, 0.3) is 5.91 Å². The van der Waals surface area contributed by atoms with Crippen molar-refractivity contribution in [1.82, 2.24) is 9.80 Å². The number of hydrogen-bond acceptors (Lipinski definition) is 6. The molecule has 40 heavy (non-hydrogen) atoms. The molecule has 0 bridgehead atoms. The first-order valence-corrected chi connectivity index (χ1v) is 14.1. The lowest BCUT2D eigenvalue weighted by molar-refractivity contribution is -0.128. The molecule has 10 heteroatoms. The van der Waals surface area contributed by atoms with Crippen LogP contribution in [0.3, 0.4) is 0 Å². The Balaban J connectivity index is 1.66. The minimum atomic E-state index is -0.647. The number of hydrogen-bond donors (Lipinski definition) is 1. The van der Waals surface area contributed by atoms with E-state index in [0.29, 0.717) is 59.7 Å². The molecule has 0 radical (unpaired) electrons. The third-order valence-corrected chi connectivity index (χ3v) is 8.56. The second kappa shape index (κ2) is 10.9. The van der Waals surface area contributed by atoms with Crippen LogP contribution in [0.15, 0.2) is 30.9 Å². The molecule has 208 valence electrons. The molecular weight excluding hydrogens is 534 g/mol. The Morgan fingerprint density at radius 1 is 1.30 bits per heavy atom. The summed E-state index contributed by atoms with van der Waals surface area (Å²) in [6.45, 7) is 10.5. The lowest BCUT2D eigenvalue weighted by atomic mass is 9.90. The number of amides is 2. The number of carbonyl (C=O) groups is 2. The Bertz CT molecular complexity index is 1580. The van der Waals surface area contributed by atoms with Crippen LogP contribution in [0, 0.1) is 23.0 Å². The van der Waals surface area contributed by atoms with Crippen LogP contribution in [-0.4, -0.2) is 59.9 Å². The van der Waals surface area contributed by atoms with Crippen LogP contribution >= 0.6 is 11.3 Å². The van der Waals surface area contributed by atoms with Gasteiger partial charge in [0, 0.05) is 48.6 Å². The second-order valence-corrected chi connectivity index (χ2v) is 11.3. The Labute approximate surface area is 235 Å². The number of ether oxygens (including phenoxy) is 1. The topological polar surface area (TPSA) is 85.7 Å². The van der Waals surface area contributed by atoms with Crippen molar-refractivity contribution in [1.29, 1.82) is 5.26 Å². The molecule has 2 aromatic carbocycles. The molecule has 0 unspecified atom stereocenters. The quantitative estimate of drug-likeness (QED) is 0.401. The molecular formula is C30H30F2N4O3S. The number of nitriles is 1. The van der Waals surface area contributed by atoms with Crippen molar-refractivity contribution in [3.05, 3.63) is 59.2 Å². The number of carbonyl (C=O) groups excluding carboxylic acids is 2. The van der Waals surface area contributed by atoms with E-state index in [9.17, 15) is 19.2 Å². The summed E-state index contributed by atoms with van der Waals surface area (Å²) in [5.41, 5.74) is 1.44. The molecule has 5 rings (SSSR count). The second-order valence-electron chi connectivity index (χ2n) is 10.2. The lowest BCUT2D eigenvalue weighted by Gasteiger charge is -2.42. The maximum Gasteiger partial charge on any atom is 0.258 e. The van der Waals surface area contributed by atoms with Gasteiger partial charge in [0.15, 0.2) is 0 Å². The number of anilines is 1. The highest BCUT2D eigenvalue weighted by atomic mass is 32.1. The summed E-state index contributed by atoms with van der Waals surface area (Å²) >= 11 is 1.13. The molecule has 2 aliphatic rings. The average molecular weight is 565 g/mol. The maximum atomic E-state index is 16.2. The third kappa shape index (κ3) is 4.58. The van der Waals surface area contributed by atoms with Crippen LogP contribution in [0.5, 0.6) is 5.75 Å². The molecule has 0 saturated carbocycles. The van der Waals surface area contributed by atoms with Crippen LogP contribution in [-0.2, 0) is 11.2 Å². The van der Waals surface area contributed by atoms with Gasteiger partial charge in [-0.1, -0.05) is 19.6 Å². The van der Waals surface area contributed by atoms with E-state index in [1.54, 1.807) is 9.80 Å². The number of benzene rings is 2. The summed E-state index contributed by atoms with van der Waals surface area (Å²) in [7, 11) is 0. The fraction of sp³-hybridized carbons (Fsp3) is 0.367. The van der Waals surface area contributed by atoms with Crippen molar-refractivity contribution in [2.24, 2.45) is 0 Å². The first-order chi connectivity index (χ1) is 19.2. The smallest absolute Gasteiger partial charge is 0.258 e. The number of nitrogens with one attached hydrogen (secondary N) is 1.